The second kappa shape index (κ2) is 7.05. The van der Waals surface area contributed by atoms with Crippen molar-refractivity contribution in [3.05, 3.63) is 59.9 Å². The van der Waals surface area contributed by atoms with Crippen molar-refractivity contribution in [2.75, 3.05) is 6.54 Å². The van der Waals surface area contributed by atoms with E-state index in [4.69, 9.17) is 9.62 Å². The van der Waals surface area contributed by atoms with E-state index in [0.29, 0.717) is 18.3 Å². The summed E-state index contributed by atoms with van der Waals surface area (Å²) in [6.07, 6.45) is 4.76. The summed E-state index contributed by atoms with van der Waals surface area (Å²) in [4.78, 5) is 9.07. The number of imidazole rings is 1. The second-order valence-electron chi connectivity index (χ2n) is 6.98. The van der Waals surface area contributed by atoms with Crippen LogP contribution in [-0.2, 0) is 19.6 Å². The van der Waals surface area contributed by atoms with Gasteiger partial charge in [-0.3, -0.25) is 4.68 Å². The van der Waals surface area contributed by atoms with Gasteiger partial charge in [0.25, 0.3) is 0 Å². The maximum atomic E-state index is 5.49. The van der Waals surface area contributed by atoms with Crippen LogP contribution >= 0.6 is 0 Å². The highest BCUT2D eigenvalue weighted by molar-refractivity contribution is 5.59. The smallest absolute Gasteiger partial charge is 0.246 e. The van der Waals surface area contributed by atoms with E-state index in [1.807, 2.05) is 42.0 Å². The average Bonchev–Trinajstić information content (AvgIpc) is 3.41. The molecule has 0 saturated carbocycles. The molecule has 1 N–H and O–H groups in total. The summed E-state index contributed by atoms with van der Waals surface area (Å²) >= 11 is 0. The Kier molecular flexibility index (Phi) is 4.25. The Bertz CT molecular complexity index is 1080. The van der Waals surface area contributed by atoms with E-state index in [0.717, 1.165) is 48.7 Å². The number of rotatable bonds is 4. The van der Waals surface area contributed by atoms with Crippen LogP contribution in [0.5, 0.6) is 0 Å². The molecule has 8 heteroatoms. The molecule has 4 heterocycles. The topological polar surface area (TPSA) is 86.6 Å². The molecular formula is C20H21N7O. The highest BCUT2D eigenvalue weighted by Crippen LogP contribution is 2.22. The number of hydrogen-bond acceptors (Lipinski definition) is 6. The SMILES string of the molecule is Cc1ccccc1-c1noc(Cn2ccnc2-c2cc3n(n2)CCCNC3)n1. The highest BCUT2D eigenvalue weighted by atomic mass is 16.5. The zero-order valence-corrected chi connectivity index (χ0v) is 15.7. The summed E-state index contributed by atoms with van der Waals surface area (Å²) in [6.45, 7) is 5.27. The summed E-state index contributed by atoms with van der Waals surface area (Å²) in [7, 11) is 0. The van der Waals surface area contributed by atoms with Crippen molar-refractivity contribution in [1.82, 2.24) is 34.8 Å². The molecule has 0 saturated heterocycles. The lowest BCUT2D eigenvalue weighted by Crippen LogP contribution is -2.11. The first-order chi connectivity index (χ1) is 13.8. The van der Waals surface area contributed by atoms with Crippen molar-refractivity contribution in [1.29, 1.82) is 0 Å². The average molecular weight is 375 g/mol. The van der Waals surface area contributed by atoms with Crippen LogP contribution in [0, 0.1) is 6.92 Å². The Balaban J connectivity index is 1.41. The van der Waals surface area contributed by atoms with Crippen LogP contribution in [0.4, 0.5) is 0 Å². The predicted molar refractivity (Wildman–Crippen MR) is 103 cm³/mol. The first-order valence-corrected chi connectivity index (χ1v) is 9.45. The summed E-state index contributed by atoms with van der Waals surface area (Å²) in [5.74, 6) is 1.95. The van der Waals surface area contributed by atoms with Gasteiger partial charge in [-0.15, -0.1) is 0 Å². The Labute approximate surface area is 162 Å². The minimum atomic E-state index is 0.453. The van der Waals surface area contributed by atoms with Gasteiger partial charge in [-0.05, 0) is 31.5 Å². The fraction of sp³-hybridized carbons (Fsp3) is 0.300. The van der Waals surface area contributed by atoms with Gasteiger partial charge in [0, 0.05) is 31.0 Å². The summed E-state index contributed by atoms with van der Waals surface area (Å²) in [5.41, 5.74) is 4.14. The van der Waals surface area contributed by atoms with E-state index < -0.39 is 0 Å². The lowest BCUT2D eigenvalue weighted by atomic mass is 10.1. The molecule has 0 amide bonds. The van der Waals surface area contributed by atoms with E-state index in [-0.39, 0.29) is 0 Å². The Morgan fingerprint density at radius 2 is 2.18 bits per heavy atom. The number of nitrogens with zero attached hydrogens (tertiary/aromatic N) is 6. The third-order valence-corrected chi connectivity index (χ3v) is 5.00. The van der Waals surface area contributed by atoms with E-state index in [2.05, 4.69) is 31.2 Å². The maximum absolute atomic E-state index is 5.49. The predicted octanol–water partition coefficient (Wildman–Crippen LogP) is 2.65. The zero-order chi connectivity index (χ0) is 18.9. The van der Waals surface area contributed by atoms with Crippen LogP contribution in [0.1, 0.15) is 23.6 Å². The number of aryl methyl sites for hydroxylation is 2. The fourth-order valence-electron chi connectivity index (χ4n) is 3.54. The van der Waals surface area contributed by atoms with Crippen molar-refractivity contribution in [3.63, 3.8) is 0 Å². The quantitative estimate of drug-likeness (QED) is 0.590. The molecule has 0 bridgehead atoms. The summed E-state index contributed by atoms with van der Waals surface area (Å²) < 4.78 is 9.55. The van der Waals surface area contributed by atoms with E-state index in [1.165, 1.54) is 5.69 Å². The number of fused-ring (bicyclic) bond motifs is 1. The lowest BCUT2D eigenvalue weighted by Gasteiger charge is -2.03. The van der Waals surface area contributed by atoms with Gasteiger partial charge in [-0.2, -0.15) is 10.1 Å². The van der Waals surface area contributed by atoms with Crippen LogP contribution in [0.15, 0.2) is 47.2 Å². The van der Waals surface area contributed by atoms with Crippen molar-refractivity contribution in [3.8, 4) is 22.9 Å². The van der Waals surface area contributed by atoms with E-state index >= 15 is 0 Å². The van der Waals surface area contributed by atoms with Crippen molar-refractivity contribution in [2.24, 2.45) is 0 Å². The minimum absolute atomic E-state index is 0.453. The molecule has 28 heavy (non-hydrogen) atoms. The van der Waals surface area contributed by atoms with Gasteiger partial charge in [-0.25, -0.2) is 4.98 Å². The Morgan fingerprint density at radius 3 is 3.11 bits per heavy atom. The van der Waals surface area contributed by atoms with Gasteiger partial charge in [0.05, 0.1) is 5.69 Å². The molecular weight excluding hydrogens is 354 g/mol. The molecule has 0 spiro atoms. The molecule has 0 radical (unpaired) electrons. The molecule has 0 aliphatic carbocycles. The molecule has 1 aliphatic heterocycles. The molecule has 5 rings (SSSR count). The Hall–Kier alpha value is -3.26. The lowest BCUT2D eigenvalue weighted by molar-refractivity contribution is 0.372. The van der Waals surface area contributed by atoms with Gasteiger partial charge in [-0.1, -0.05) is 29.4 Å². The van der Waals surface area contributed by atoms with Crippen LogP contribution < -0.4 is 5.32 Å². The third kappa shape index (κ3) is 3.11. The maximum Gasteiger partial charge on any atom is 0.246 e. The van der Waals surface area contributed by atoms with Crippen molar-refractivity contribution in [2.45, 2.75) is 33.0 Å². The molecule has 0 atom stereocenters. The van der Waals surface area contributed by atoms with Gasteiger partial charge in [0.1, 0.15) is 12.2 Å². The second-order valence-corrected chi connectivity index (χ2v) is 6.98. The molecule has 1 aliphatic rings. The molecule has 1 aromatic carbocycles. The van der Waals surface area contributed by atoms with Gasteiger partial charge in [0.15, 0.2) is 5.82 Å². The molecule has 142 valence electrons. The monoisotopic (exact) mass is 375 g/mol. The van der Waals surface area contributed by atoms with Crippen LogP contribution in [0.3, 0.4) is 0 Å². The Morgan fingerprint density at radius 1 is 1.25 bits per heavy atom. The molecule has 0 unspecified atom stereocenters. The van der Waals surface area contributed by atoms with Crippen LogP contribution in [0.2, 0.25) is 0 Å². The number of benzene rings is 1. The van der Waals surface area contributed by atoms with Gasteiger partial charge in [0.2, 0.25) is 11.7 Å². The number of aromatic nitrogens is 6. The molecule has 3 aromatic heterocycles. The number of nitrogens with one attached hydrogen (secondary N) is 1. The van der Waals surface area contributed by atoms with E-state index in [9.17, 15) is 0 Å². The van der Waals surface area contributed by atoms with Gasteiger partial charge >= 0.3 is 0 Å². The largest absolute Gasteiger partial charge is 0.337 e. The van der Waals surface area contributed by atoms with Crippen molar-refractivity contribution >= 4 is 0 Å². The highest BCUT2D eigenvalue weighted by Gasteiger charge is 2.17. The first-order valence-electron chi connectivity index (χ1n) is 9.45. The molecule has 8 nitrogen and oxygen atoms in total. The summed E-state index contributed by atoms with van der Waals surface area (Å²) in [5, 5.41) is 12.3. The molecule has 0 fully saturated rings. The first kappa shape index (κ1) is 16.9. The third-order valence-electron chi connectivity index (χ3n) is 5.00. The fourth-order valence-corrected chi connectivity index (χ4v) is 3.54. The molecule has 4 aromatic rings. The van der Waals surface area contributed by atoms with Crippen LogP contribution in [-0.4, -0.2) is 36.0 Å². The zero-order valence-electron chi connectivity index (χ0n) is 15.7. The standard InChI is InChI=1S/C20H21N7O/c1-14-5-2-3-6-16(14)19-23-18(28-25-19)13-26-10-8-22-20(26)17-11-15-12-21-7-4-9-27(15)24-17/h2-3,5-6,8,10-11,21H,4,7,9,12-13H2,1H3. The normalized spacial score (nSPS) is 14.0. The number of hydrogen-bond donors (Lipinski definition) is 1. The summed E-state index contributed by atoms with van der Waals surface area (Å²) in [6, 6.07) is 10.1. The van der Waals surface area contributed by atoms with Crippen molar-refractivity contribution < 1.29 is 4.52 Å². The van der Waals surface area contributed by atoms with E-state index in [1.54, 1.807) is 6.20 Å². The van der Waals surface area contributed by atoms with Crippen LogP contribution in [0.25, 0.3) is 22.9 Å². The minimum Gasteiger partial charge on any atom is -0.337 e. The van der Waals surface area contributed by atoms with Gasteiger partial charge < -0.3 is 14.4 Å².